The summed E-state index contributed by atoms with van der Waals surface area (Å²) >= 11 is 0. The van der Waals surface area contributed by atoms with E-state index in [0.717, 1.165) is 19.3 Å². The Morgan fingerprint density at radius 1 is 1.52 bits per heavy atom. The van der Waals surface area contributed by atoms with Crippen LogP contribution in [-0.4, -0.2) is 54.6 Å². The number of hydrogen-bond donors (Lipinski definition) is 1. The number of amides is 1. The van der Waals surface area contributed by atoms with Gasteiger partial charge in [-0.1, -0.05) is 17.8 Å². The first kappa shape index (κ1) is 17.0. The number of oxime groups is 1. The Morgan fingerprint density at radius 3 is 2.90 bits per heavy atom. The van der Waals surface area contributed by atoms with Gasteiger partial charge in [-0.05, 0) is 31.6 Å². The van der Waals surface area contributed by atoms with Gasteiger partial charge in [0.15, 0.2) is 0 Å². The monoisotopic (exact) mass is 298 g/mol. The molecule has 1 aliphatic heterocycles. The van der Waals surface area contributed by atoms with Gasteiger partial charge in [0.25, 0.3) is 0 Å². The van der Waals surface area contributed by atoms with Gasteiger partial charge in [-0.2, -0.15) is 0 Å². The Balaban J connectivity index is 2.55. The Hall–Kier alpha value is -2.05. The lowest BCUT2D eigenvalue weighted by Gasteiger charge is -2.36. The Labute approximate surface area is 124 Å². The third-order valence-electron chi connectivity index (χ3n) is 3.44. The van der Waals surface area contributed by atoms with Crippen LogP contribution in [0.3, 0.4) is 0 Å². The number of aliphatic carboxylic acids is 1. The van der Waals surface area contributed by atoms with Crippen molar-refractivity contribution in [1.82, 2.24) is 4.90 Å². The topological polar surface area (TPSA) is 88.4 Å². The van der Waals surface area contributed by atoms with Crippen LogP contribution < -0.4 is 0 Å². The van der Waals surface area contributed by atoms with Gasteiger partial charge in [0, 0.05) is 12.8 Å². The maximum absolute atomic E-state index is 11.8. The molecule has 1 amide bonds. The van der Waals surface area contributed by atoms with Crippen molar-refractivity contribution in [2.45, 2.75) is 31.7 Å². The van der Waals surface area contributed by atoms with Gasteiger partial charge in [0.1, 0.15) is 19.8 Å². The van der Waals surface area contributed by atoms with Gasteiger partial charge in [-0.15, -0.1) is 0 Å². The first-order valence-corrected chi connectivity index (χ1v) is 6.92. The molecule has 1 aliphatic rings. The lowest BCUT2D eigenvalue weighted by atomic mass is 9.87. The van der Waals surface area contributed by atoms with Crippen molar-refractivity contribution in [3.63, 3.8) is 0 Å². The number of carbonyl (C=O) groups is 2. The number of rotatable bonds is 7. The number of carboxylic acid groups (broad SMARTS) is 1. The highest BCUT2D eigenvalue weighted by atomic mass is 16.6. The number of hydrogen-bond acceptors (Lipinski definition) is 5. The summed E-state index contributed by atoms with van der Waals surface area (Å²) in [6, 6.07) is -0.833. The first-order chi connectivity index (χ1) is 10.1. The molecular formula is C14H22N2O5. The molecule has 7 heteroatoms. The summed E-state index contributed by atoms with van der Waals surface area (Å²) in [7, 11) is 1.48. The highest BCUT2D eigenvalue weighted by Gasteiger charge is 2.36. The van der Waals surface area contributed by atoms with E-state index in [1.54, 1.807) is 6.21 Å². The summed E-state index contributed by atoms with van der Waals surface area (Å²) < 4.78 is 4.93. The molecule has 0 spiro atoms. The highest BCUT2D eigenvalue weighted by molar-refractivity contribution is 5.80. The molecule has 1 rings (SSSR count). The molecule has 1 saturated heterocycles. The maximum Gasteiger partial charge on any atom is 0.410 e. The Morgan fingerprint density at radius 2 is 2.29 bits per heavy atom. The van der Waals surface area contributed by atoms with E-state index in [1.807, 2.05) is 0 Å². The maximum atomic E-state index is 11.8. The van der Waals surface area contributed by atoms with Crippen LogP contribution in [0.5, 0.6) is 0 Å². The summed E-state index contributed by atoms with van der Waals surface area (Å²) in [5.41, 5.74) is 0. The SMILES string of the molecule is C=CCOC(=O)N1CCC(CC/C=N/OC)CC1C(=O)O. The molecule has 0 radical (unpaired) electrons. The van der Waals surface area contributed by atoms with Crippen LogP contribution >= 0.6 is 0 Å². The second kappa shape index (κ2) is 8.99. The lowest BCUT2D eigenvalue weighted by molar-refractivity contribution is -0.144. The smallest absolute Gasteiger partial charge is 0.410 e. The number of piperidine rings is 1. The zero-order chi connectivity index (χ0) is 15.7. The van der Waals surface area contributed by atoms with Crippen molar-refractivity contribution in [3.05, 3.63) is 12.7 Å². The molecule has 21 heavy (non-hydrogen) atoms. The Bertz CT molecular complexity index is 397. The molecule has 0 bridgehead atoms. The molecule has 0 aromatic rings. The third-order valence-corrected chi connectivity index (χ3v) is 3.44. The normalized spacial score (nSPS) is 22.0. The molecule has 2 unspecified atom stereocenters. The van der Waals surface area contributed by atoms with E-state index >= 15 is 0 Å². The Kier molecular flexibility index (Phi) is 7.28. The number of nitrogens with zero attached hydrogens (tertiary/aromatic N) is 2. The molecule has 7 nitrogen and oxygen atoms in total. The van der Waals surface area contributed by atoms with Gasteiger partial charge in [0.2, 0.25) is 0 Å². The van der Waals surface area contributed by atoms with Crippen molar-refractivity contribution >= 4 is 18.3 Å². The van der Waals surface area contributed by atoms with Crippen molar-refractivity contribution in [2.75, 3.05) is 20.3 Å². The van der Waals surface area contributed by atoms with Crippen molar-refractivity contribution in [2.24, 2.45) is 11.1 Å². The van der Waals surface area contributed by atoms with Crippen LogP contribution in [0.2, 0.25) is 0 Å². The van der Waals surface area contributed by atoms with Gasteiger partial charge < -0.3 is 14.7 Å². The van der Waals surface area contributed by atoms with E-state index in [2.05, 4.69) is 16.6 Å². The average Bonchev–Trinajstić information content (AvgIpc) is 2.49. The van der Waals surface area contributed by atoms with E-state index in [9.17, 15) is 14.7 Å². The van der Waals surface area contributed by atoms with Crippen LogP contribution in [0.15, 0.2) is 17.8 Å². The molecular weight excluding hydrogens is 276 g/mol. The molecule has 118 valence electrons. The number of carbonyl (C=O) groups excluding carboxylic acids is 1. The minimum atomic E-state index is -0.999. The first-order valence-electron chi connectivity index (χ1n) is 6.92. The predicted octanol–water partition coefficient (Wildman–Crippen LogP) is 1.89. The van der Waals surface area contributed by atoms with E-state index in [4.69, 9.17) is 4.74 Å². The molecule has 0 aromatic heterocycles. The van der Waals surface area contributed by atoms with E-state index < -0.39 is 18.1 Å². The molecule has 1 heterocycles. The molecule has 1 fully saturated rings. The highest BCUT2D eigenvalue weighted by Crippen LogP contribution is 2.27. The minimum absolute atomic E-state index is 0.0819. The zero-order valence-electron chi connectivity index (χ0n) is 12.2. The largest absolute Gasteiger partial charge is 0.480 e. The third kappa shape index (κ3) is 5.45. The van der Waals surface area contributed by atoms with Gasteiger partial charge in [-0.3, -0.25) is 4.90 Å². The molecule has 0 aliphatic carbocycles. The summed E-state index contributed by atoms with van der Waals surface area (Å²) in [6.07, 6.45) is 5.27. The zero-order valence-corrected chi connectivity index (χ0v) is 12.2. The van der Waals surface area contributed by atoms with Crippen LogP contribution in [0.25, 0.3) is 0 Å². The molecule has 1 N–H and O–H groups in total. The van der Waals surface area contributed by atoms with Crippen LogP contribution in [0.1, 0.15) is 25.7 Å². The van der Waals surface area contributed by atoms with Crippen molar-refractivity contribution in [1.29, 1.82) is 0 Å². The van der Waals surface area contributed by atoms with Gasteiger partial charge in [0.05, 0.1) is 0 Å². The average molecular weight is 298 g/mol. The fourth-order valence-corrected chi connectivity index (χ4v) is 2.40. The standard InChI is InChI=1S/C14H22N2O5/c1-3-9-21-14(19)16-8-6-11(5-4-7-15-20-2)10-12(16)13(17)18/h3,7,11-12H,1,4-6,8-10H2,2H3,(H,17,18)/b15-7+. The van der Waals surface area contributed by atoms with Gasteiger partial charge >= 0.3 is 12.1 Å². The number of ether oxygens (including phenoxy) is 1. The van der Waals surface area contributed by atoms with Crippen LogP contribution in [-0.2, 0) is 14.4 Å². The molecule has 0 saturated carbocycles. The van der Waals surface area contributed by atoms with E-state index in [0.29, 0.717) is 13.0 Å². The fraction of sp³-hybridized carbons (Fsp3) is 0.643. The van der Waals surface area contributed by atoms with Gasteiger partial charge in [-0.25, -0.2) is 9.59 Å². The number of carboxylic acids is 1. The molecule has 2 atom stereocenters. The van der Waals surface area contributed by atoms with Crippen molar-refractivity contribution < 1.29 is 24.3 Å². The second-order valence-corrected chi connectivity index (χ2v) is 4.85. The minimum Gasteiger partial charge on any atom is -0.480 e. The summed E-state index contributed by atoms with van der Waals surface area (Å²) in [5.74, 6) is -0.751. The van der Waals surface area contributed by atoms with E-state index in [-0.39, 0.29) is 12.5 Å². The van der Waals surface area contributed by atoms with Crippen molar-refractivity contribution in [3.8, 4) is 0 Å². The molecule has 0 aromatic carbocycles. The summed E-state index contributed by atoms with van der Waals surface area (Å²) in [5, 5.41) is 12.9. The van der Waals surface area contributed by atoms with Crippen LogP contribution in [0, 0.1) is 5.92 Å². The van der Waals surface area contributed by atoms with E-state index in [1.165, 1.54) is 18.1 Å². The number of likely N-dealkylation sites (tertiary alicyclic amines) is 1. The van der Waals surface area contributed by atoms with Crippen LogP contribution in [0.4, 0.5) is 4.79 Å². The summed E-state index contributed by atoms with van der Waals surface area (Å²) in [6.45, 7) is 3.93. The fourth-order valence-electron chi connectivity index (χ4n) is 2.40. The predicted molar refractivity (Wildman–Crippen MR) is 77.1 cm³/mol. The second-order valence-electron chi connectivity index (χ2n) is 4.85. The quantitative estimate of drug-likeness (QED) is 0.440. The lowest BCUT2D eigenvalue weighted by Crippen LogP contribution is -2.50. The summed E-state index contributed by atoms with van der Waals surface area (Å²) in [4.78, 5) is 29.0.